The van der Waals surface area contributed by atoms with E-state index in [0.717, 1.165) is 6.07 Å². The third-order valence-corrected chi connectivity index (χ3v) is 2.80. The Balaban J connectivity index is 2.45. The number of rotatable bonds is 2. The fourth-order valence-corrected chi connectivity index (χ4v) is 1.91. The molecule has 0 aliphatic carbocycles. The summed E-state index contributed by atoms with van der Waals surface area (Å²) in [5, 5.41) is 11.0. The Hall–Kier alpha value is -2.18. The summed E-state index contributed by atoms with van der Waals surface area (Å²) in [6, 6.07) is 0.716. The Labute approximate surface area is 101 Å². The summed E-state index contributed by atoms with van der Waals surface area (Å²) in [5.41, 5.74) is -0.0103. The Morgan fingerprint density at radius 3 is 2.78 bits per heavy atom. The van der Waals surface area contributed by atoms with Crippen LogP contribution in [-0.2, 0) is 9.59 Å². The highest BCUT2D eigenvalue weighted by molar-refractivity contribution is 6.05. The second-order valence-corrected chi connectivity index (χ2v) is 4.00. The molecule has 0 spiro atoms. The molecule has 96 valence electrons. The summed E-state index contributed by atoms with van der Waals surface area (Å²) in [6.07, 6.45) is -0.445. The van der Waals surface area contributed by atoms with Crippen LogP contribution in [0.4, 0.5) is 20.2 Å². The van der Waals surface area contributed by atoms with E-state index in [1.54, 1.807) is 0 Å². The molecule has 0 aromatic heterocycles. The van der Waals surface area contributed by atoms with Gasteiger partial charge in [0.1, 0.15) is 17.5 Å². The SMILES string of the molecule is CN1c2cc(F)cc(F)c2NC(=O)C1CC(=O)O. The number of anilines is 2. The molecule has 1 aliphatic heterocycles. The van der Waals surface area contributed by atoms with Crippen molar-refractivity contribution in [1.82, 2.24) is 0 Å². The number of nitrogens with zero attached hydrogens (tertiary/aromatic N) is 1. The fraction of sp³-hybridized carbons (Fsp3) is 0.273. The topological polar surface area (TPSA) is 69.6 Å². The number of aliphatic carboxylic acids is 1. The Kier molecular flexibility index (Phi) is 2.90. The lowest BCUT2D eigenvalue weighted by molar-refractivity contribution is -0.138. The van der Waals surface area contributed by atoms with Crippen molar-refractivity contribution in [3.63, 3.8) is 0 Å². The lowest BCUT2D eigenvalue weighted by atomic mass is 10.1. The summed E-state index contributed by atoms with van der Waals surface area (Å²) >= 11 is 0. The molecule has 0 bridgehead atoms. The Bertz CT molecular complexity index is 533. The van der Waals surface area contributed by atoms with E-state index in [-0.39, 0.29) is 11.4 Å². The van der Waals surface area contributed by atoms with Gasteiger partial charge in [-0.25, -0.2) is 8.78 Å². The number of hydrogen-bond donors (Lipinski definition) is 2. The molecule has 0 fully saturated rings. The van der Waals surface area contributed by atoms with Crippen LogP contribution in [0.5, 0.6) is 0 Å². The minimum absolute atomic E-state index is 0.123. The molecule has 1 unspecified atom stereocenters. The number of halogens is 2. The molecule has 1 aromatic rings. The van der Waals surface area contributed by atoms with Crippen molar-refractivity contribution in [2.75, 3.05) is 17.3 Å². The molecule has 18 heavy (non-hydrogen) atoms. The highest BCUT2D eigenvalue weighted by Crippen LogP contribution is 2.34. The zero-order valence-corrected chi connectivity index (χ0v) is 9.41. The first-order valence-corrected chi connectivity index (χ1v) is 5.14. The molecular weight excluding hydrogens is 246 g/mol. The number of amides is 1. The Morgan fingerprint density at radius 1 is 1.50 bits per heavy atom. The Morgan fingerprint density at radius 2 is 2.17 bits per heavy atom. The molecule has 0 radical (unpaired) electrons. The van der Waals surface area contributed by atoms with Crippen molar-refractivity contribution in [3.8, 4) is 0 Å². The summed E-state index contributed by atoms with van der Waals surface area (Å²) < 4.78 is 26.6. The van der Waals surface area contributed by atoms with Gasteiger partial charge in [0.25, 0.3) is 0 Å². The van der Waals surface area contributed by atoms with Gasteiger partial charge in [0.2, 0.25) is 5.91 Å². The van der Waals surface area contributed by atoms with Crippen LogP contribution in [-0.4, -0.2) is 30.1 Å². The van der Waals surface area contributed by atoms with Gasteiger partial charge in [-0.1, -0.05) is 0 Å². The molecular formula is C11H10F2N2O3. The molecule has 1 atom stereocenters. The van der Waals surface area contributed by atoms with Gasteiger partial charge in [-0.05, 0) is 6.07 Å². The highest BCUT2D eigenvalue weighted by atomic mass is 19.1. The van der Waals surface area contributed by atoms with Crippen molar-refractivity contribution >= 4 is 23.3 Å². The predicted molar refractivity (Wildman–Crippen MR) is 59.4 cm³/mol. The van der Waals surface area contributed by atoms with E-state index >= 15 is 0 Å². The number of likely N-dealkylation sites (N-methyl/N-ethyl adjacent to an activating group) is 1. The van der Waals surface area contributed by atoms with E-state index in [4.69, 9.17) is 5.11 Å². The molecule has 0 saturated heterocycles. The molecule has 7 heteroatoms. The van der Waals surface area contributed by atoms with E-state index in [9.17, 15) is 18.4 Å². The first-order valence-electron chi connectivity index (χ1n) is 5.14. The van der Waals surface area contributed by atoms with Gasteiger partial charge in [-0.3, -0.25) is 9.59 Å². The second kappa shape index (κ2) is 4.25. The standard InChI is InChI=1S/C11H10F2N2O3/c1-15-7-3-5(12)2-6(13)10(7)14-11(18)8(15)4-9(16)17/h2-3,8H,4H2,1H3,(H,14,18)(H,16,17). The number of nitrogens with one attached hydrogen (secondary N) is 1. The van der Waals surface area contributed by atoms with Gasteiger partial charge in [-0.2, -0.15) is 0 Å². The number of carbonyl (C=O) groups excluding carboxylic acids is 1. The van der Waals surface area contributed by atoms with Crippen LogP contribution in [0.25, 0.3) is 0 Å². The van der Waals surface area contributed by atoms with E-state index in [1.165, 1.54) is 11.9 Å². The zero-order valence-electron chi connectivity index (χ0n) is 9.41. The summed E-state index contributed by atoms with van der Waals surface area (Å²) in [4.78, 5) is 23.6. The van der Waals surface area contributed by atoms with Crippen LogP contribution in [0.15, 0.2) is 12.1 Å². The molecule has 1 heterocycles. The van der Waals surface area contributed by atoms with Gasteiger partial charge in [0.15, 0.2) is 5.82 Å². The number of carboxylic acid groups (broad SMARTS) is 1. The number of hydrogen-bond acceptors (Lipinski definition) is 3. The maximum absolute atomic E-state index is 13.5. The van der Waals surface area contributed by atoms with Crippen LogP contribution in [0.3, 0.4) is 0 Å². The van der Waals surface area contributed by atoms with Crippen molar-refractivity contribution in [2.45, 2.75) is 12.5 Å². The molecule has 2 rings (SSSR count). The summed E-state index contributed by atoms with van der Waals surface area (Å²) in [7, 11) is 1.42. The van der Waals surface area contributed by atoms with Crippen LogP contribution < -0.4 is 10.2 Å². The minimum Gasteiger partial charge on any atom is -0.481 e. The number of fused-ring (bicyclic) bond motifs is 1. The van der Waals surface area contributed by atoms with Crippen molar-refractivity contribution in [3.05, 3.63) is 23.8 Å². The maximum Gasteiger partial charge on any atom is 0.305 e. The summed E-state index contributed by atoms with van der Waals surface area (Å²) in [5.74, 6) is -3.47. The number of carbonyl (C=O) groups is 2. The number of carboxylic acids is 1. The van der Waals surface area contributed by atoms with Crippen LogP contribution in [0.1, 0.15) is 6.42 Å². The van der Waals surface area contributed by atoms with Gasteiger partial charge in [0.05, 0.1) is 12.1 Å². The van der Waals surface area contributed by atoms with Gasteiger partial charge >= 0.3 is 5.97 Å². The quantitative estimate of drug-likeness (QED) is 0.834. The van der Waals surface area contributed by atoms with E-state index in [1.807, 2.05) is 0 Å². The average molecular weight is 256 g/mol. The molecule has 1 aliphatic rings. The first kappa shape index (κ1) is 12.3. The molecule has 1 aromatic carbocycles. The predicted octanol–water partition coefficient (Wildman–Crippen LogP) is 1.20. The van der Waals surface area contributed by atoms with Gasteiger partial charge < -0.3 is 15.3 Å². The molecule has 1 amide bonds. The van der Waals surface area contributed by atoms with Crippen molar-refractivity contribution < 1.29 is 23.5 Å². The lowest BCUT2D eigenvalue weighted by Crippen LogP contribution is -2.47. The first-order chi connectivity index (χ1) is 8.40. The maximum atomic E-state index is 13.5. The molecule has 0 saturated carbocycles. The normalized spacial score (nSPS) is 18.3. The van der Waals surface area contributed by atoms with Gasteiger partial charge in [0, 0.05) is 13.1 Å². The summed E-state index contributed by atoms with van der Waals surface area (Å²) in [6.45, 7) is 0. The largest absolute Gasteiger partial charge is 0.481 e. The lowest BCUT2D eigenvalue weighted by Gasteiger charge is -2.34. The third kappa shape index (κ3) is 1.99. The minimum atomic E-state index is -1.16. The van der Waals surface area contributed by atoms with E-state index in [0.29, 0.717) is 6.07 Å². The smallest absolute Gasteiger partial charge is 0.305 e. The van der Waals surface area contributed by atoms with Gasteiger partial charge in [-0.15, -0.1) is 0 Å². The van der Waals surface area contributed by atoms with Crippen molar-refractivity contribution in [2.24, 2.45) is 0 Å². The molecule has 2 N–H and O–H groups in total. The monoisotopic (exact) mass is 256 g/mol. The second-order valence-electron chi connectivity index (χ2n) is 4.00. The van der Waals surface area contributed by atoms with Crippen molar-refractivity contribution in [1.29, 1.82) is 0 Å². The fourth-order valence-electron chi connectivity index (χ4n) is 1.91. The highest BCUT2D eigenvalue weighted by Gasteiger charge is 2.34. The third-order valence-electron chi connectivity index (χ3n) is 2.80. The zero-order chi connectivity index (χ0) is 13.4. The van der Waals surface area contributed by atoms with Crippen LogP contribution >= 0.6 is 0 Å². The van der Waals surface area contributed by atoms with E-state index < -0.39 is 36.0 Å². The van der Waals surface area contributed by atoms with Crippen LogP contribution in [0, 0.1) is 11.6 Å². The number of benzene rings is 1. The van der Waals surface area contributed by atoms with Crippen LogP contribution in [0.2, 0.25) is 0 Å². The van der Waals surface area contributed by atoms with E-state index in [2.05, 4.69) is 5.32 Å². The average Bonchev–Trinajstić information content (AvgIpc) is 2.26. The molecule has 5 nitrogen and oxygen atoms in total.